The maximum absolute atomic E-state index is 12.3. The summed E-state index contributed by atoms with van der Waals surface area (Å²) in [4.78, 5) is 26.3. The standard InChI is InChI=1S/C19H25N3O2S/c1-14(18(23)21-11-10-17-5-4-12-25-17)22(3)13-15-6-8-16(9-7-15)19(24)20-2/h4-9,12,14H,10-11,13H2,1-3H3,(H,20,24)(H,21,23)/p+1/t14-/m1/s1. The fourth-order valence-corrected chi connectivity index (χ4v) is 3.24. The number of hydrogen-bond donors (Lipinski definition) is 3. The zero-order chi connectivity index (χ0) is 18.2. The lowest BCUT2D eigenvalue weighted by molar-refractivity contribution is -0.908. The van der Waals surface area contributed by atoms with Crippen LogP contribution in [-0.4, -0.2) is 38.5 Å². The van der Waals surface area contributed by atoms with Crippen molar-refractivity contribution in [2.75, 3.05) is 20.6 Å². The number of quaternary nitrogens is 1. The van der Waals surface area contributed by atoms with Crippen molar-refractivity contribution in [1.29, 1.82) is 0 Å². The predicted molar refractivity (Wildman–Crippen MR) is 101 cm³/mol. The van der Waals surface area contributed by atoms with Gasteiger partial charge in [0.25, 0.3) is 11.8 Å². The Morgan fingerprint density at radius 1 is 1.20 bits per heavy atom. The fourth-order valence-electron chi connectivity index (χ4n) is 2.53. The highest BCUT2D eigenvalue weighted by Gasteiger charge is 2.21. The molecule has 1 unspecified atom stereocenters. The minimum atomic E-state index is -0.137. The molecule has 1 aromatic heterocycles. The summed E-state index contributed by atoms with van der Waals surface area (Å²) in [5.41, 5.74) is 1.74. The van der Waals surface area contributed by atoms with Crippen molar-refractivity contribution >= 4 is 23.2 Å². The Labute approximate surface area is 153 Å². The van der Waals surface area contributed by atoms with Crippen molar-refractivity contribution in [2.24, 2.45) is 0 Å². The summed E-state index contributed by atoms with van der Waals surface area (Å²) >= 11 is 1.71. The highest BCUT2D eigenvalue weighted by Crippen LogP contribution is 2.08. The van der Waals surface area contributed by atoms with Gasteiger partial charge in [-0.05, 0) is 36.9 Å². The van der Waals surface area contributed by atoms with Gasteiger partial charge in [-0.3, -0.25) is 9.59 Å². The van der Waals surface area contributed by atoms with Gasteiger partial charge in [0.05, 0.1) is 7.05 Å². The number of likely N-dealkylation sites (N-methyl/N-ethyl adjacent to an activating group) is 1. The van der Waals surface area contributed by atoms with E-state index in [2.05, 4.69) is 16.7 Å². The Balaban J connectivity index is 1.81. The van der Waals surface area contributed by atoms with Gasteiger partial charge in [-0.25, -0.2) is 0 Å². The normalized spacial score (nSPS) is 13.1. The van der Waals surface area contributed by atoms with E-state index >= 15 is 0 Å². The first-order valence-corrected chi connectivity index (χ1v) is 9.32. The van der Waals surface area contributed by atoms with E-state index in [0.717, 1.165) is 23.4 Å². The molecule has 0 radical (unpaired) electrons. The third-order valence-corrected chi connectivity index (χ3v) is 5.25. The smallest absolute Gasteiger partial charge is 0.278 e. The Kier molecular flexibility index (Phi) is 7.16. The first kappa shape index (κ1) is 19.1. The van der Waals surface area contributed by atoms with Crippen molar-refractivity contribution in [3.05, 3.63) is 57.8 Å². The predicted octanol–water partition coefficient (Wildman–Crippen LogP) is 0.870. The molecule has 1 heterocycles. The van der Waals surface area contributed by atoms with Crippen molar-refractivity contribution in [1.82, 2.24) is 10.6 Å². The summed E-state index contributed by atoms with van der Waals surface area (Å²) in [7, 11) is 3.63. The summed E-state index contributed by atoms with van der Waals surface area (Å²) in [6.07, 6.45) is 0.871. The molecule has 2 aromatic rings. The van der Waals surface area contributed by atoms with Crippen LogP contribution in [0.1, 0.15) is 27.7 Å². The van der Waals surface area contributed by atoms with Crippen LogP contribution in [-0.2, 0) is 17.8 Å². The molecule has 1 aromatic carbocycles. The van der Waals surface area contributed by atoms with Gasteiger partial charge in [0.1, 0.15) is 6.54 Å². The highest BCUT2D eigenvalue weighted by atomic mass is 32.1. The Morgan fingerprint density at radius 3 is 2.52 bits per heavy atom. The summed E-state index contributed by atoms with van der Waals surface area (Å²) in [6.45, 7) is 3.33. The maximum atomic E-state index is 12.3. The largest absolute Gasteiger partial charge is 0.355 e. The molecule has 134 valence electrons. The molecule has 2 rings (SSSR count). The number of carbonyl (C=O) groups is 2. The third-order valence-electron chi connectivity index (χ3n) is 4.31. The molecular weight excluding hydrogens is 334 g/mol. The van der Waals surface area contributed by atoms with Crippen LogP contribution in [0.5, 0.6) is 0 Å². The second kappa shape index (κ2) is 9.34. The highest BCUT2D eigenvalue weighted by molar-refractivity contribution is 7.09. The molecule has 6 heteroatoms. The van der Waals surface area contributed by atoms with Crippen LogP contribution in [0, 0.1) is 0 Å². The molecule has 2 atom stereocenters. The minimum absolute atomic E-state index is 0.0658. The van der Waals surface area contributed by atoms with Gasteiger partial charge in [0, 0.05) is 29.6 Å². The second-order valence-corrected chi connectivity index (χ2v) is 7.17. The minimum Gasteiger partial charge on any atom is -0.355 e. The average Bonchev–Trinajstić information content (AvgIpc) is 3.14. The first-order chi connectivity index (χ1) is 12.0. The lowest BCUT2D eigenvalue weighted by Gasteiger charge is -2.21. The van der Waals surface area contributed by atoms with Gasteiger partial charge < -0.3 is 15.5 Å². The van der Waals surface area contributed by atoms with Crippen molar-refractivity contribution in [3.8, 4) is 0 Å². The lowest BCUT2D eigenvalue weighted by Crippen LogP contribution is -3.12. The number of nitrogens with one attached hydrogen (secondary N) is 3. The molecule has 25 heavy (non-hydrogen) atoms. The van der Waals surface area contributed by atoms with E-state index in [1.54, 1.807) is 18.4 Å². The Hall–Kier alpha value is -2.18. The van der Waals surface area contributed by atoms with Gasteiger partial charge in [-0.1, -0.05) is 18.2 Å². The average molecular weight is 361 g/mol. The van der Waals surface area contributed by atoms with Crippen molar-refractivity contribution < 1.29 is 14.5 Å². The van der Waals surface area contributed by atoms with E-state index in [1.165, 1.54) is 4.88 Å². The van der Waals surface area contributed by atoms with Crippen LogP contribution in [0.2, 0.25) is 0 Å². The van der Waals surface area contributed by atoms with Crippen LogP contribution in [0.4, 0.5) is 0 Å². The van der Waals surface area contributed by atoms with Crippen molar-refractivity contribution in [3.63, 3.8) is 0 Å². The van der Waals surface area contributed by atoms with Crippen LogP contribution in [0.3, 0.4) is 0 Å². The number of thiophene rings is 1. The summed E-state index contributed by atoms with van der Waals surface area (Å²) in [6, 6.07) is 11.5. The number of hydrogen-bond acceptors (Lipinski definition) is 3. The summed E-state index contributed by atoms with van der Waals surface area (Å²) in [5.74, 6) is -0.0261. The van der Waals surface area contributed by atoms with Gasteiger partial charge in [-0.15, -0.1) is 11.3 Å². The van der Waals surface area contributed by atoms with Gasteiger partial charge in [0.15, 0.2) is 6.04 Å². The van der Waals surface area contributed by atoms with E-state index in [4.69, 9.17) is 0 Å². The van der Waals surface area contributed by atoms with Crippen LogP contribution < -0.4 is 15.5 Å². The molecule has 0 fully saturated rings. The Morgan fingerprint density at radius 2 is 1.92 bits per heavy atom. The molecule has 2 amide bonds. The van der Waals surface area contributed by atoms with Gasteiger partial charge >= 0.3 is 0 Å². The molecule has 0 spiro atoms. The SMILES string of the molecule is CNC(=O)c1ccc(C[NH+](C)[C@H](C)C(=O)NCCc2cccs2)cc1. The van der Waals surface area contributed by atoms with Crippen LogP contribution in [0.25, 0.3) is 0 Å². The monoisotopic (exact) mass is 360 g/mol. The van der Waals surface area contributed by atoms with E-state index in [0.29, 0.717) is 12.1 Å². The van der Waals surface area contributed by atoms with Crippen molar-refractivity contribution in [2.45, 2.75) is 25.9 Å². The molecule has 0 bridgehead atoms. The zero-order valence-electron chi connectivity index (χ0n) is 15.0. The van der Waals surface area contributed by atoms with E-state index in [-0.39, 0.29) is 17.9 Å². The fraction of sp³-hybridized carbons (Fsp3) is 0.368. The molecule has 0 aliphatic heterocycles. The summed E-state index contributed by atoms with van der Waals surface area (Å²) in [5, 5.41) is 7.67. The molecule has 0 aliphatic rings. The molecule has 0 saturated carbocycles. The molecule has 0 aliphatic carbocycles. The van der Waals surface area contributed by atoms with E-state index in [9.17, 15) is 9.59 Å². The third kappa shape index (κ3) is 5.69. The topological polar surface area (TPSA) is 62.6 Å². The number of benzene rings is 1. The summed E-state index contributed by atoms with van der Waals surface area (Å²) < 4.78 is 0. The molecule has 3 N–H and O–H groups in total. The van der Waals surface area contributed by atoms with Crippen LogP contribution >= 0.6 is 11.3 Å². The quantitative estimate of drug-likeness (QED) is 0.654. The second-order valence-electron chi connectivity index (χ2n) is 6.14. The van der Waals surface area contributed by atoms with Gasteiger partial charge in [-0.2, -0.15) is 0 Å². The molecule has 5 nitrogen and oxygen atoms in total. The number of rotatable bonds is 8. The number of amides is 2. The lowest BCUT2D eigenvalue weighted by atomic mass is 10.1. The van der Waals surface area contributed by atoms with E-state index < -0.39 is 0 Å². The maximum Gasteiger partial charge on any atom is 0.278 e. The number of carbonyl (C=O) groups excluding carboxylic acids is 2. The molecule has 0 saturated heterocycles. The Bertz CT molecular complexity index is 683. The van der Waals surface area contributed by atoms with E-state index in [1.807, 2.05) is 49.7 Å². The molecular formula is C19H26N3O2S+. The first-order valence-electron chi connectivity index (χ1n) is 8.44. The van der Waals surface area contributed by atoms with Crippen LogP contribution in [0.15, 0.2) is 41.8 Å². The van der Waals surface area contributed by atoms with Gasteiger partial charge in [0.2, 0.25) is 0 Å². The zero-order valence-corrected chi connectivity index (χ0v) is 15.8.